The SMILES string of the molecule is CCCCCC(Br)CN. The highest BCUT2D eigenvalue weighted by atomic mass is 79.9. The normalized spacial score (nSPS) is 13.7. The summed E-state index contributed by atoms with van der Waals surface area (Å²) in [6.45, 7) is 2.98. The number of hydrogen-bond acceptors (Lipinski definition) is 1. The Morgan fingerprint density at radius 3 is 2.56 bits per heavy atom. The summed E-state index contributed by atoms with van der Waals surface area (Å²) in [4.78, 5) is 0.545. The Bertz CT molecular complexity index is 56.9. The zero-order chi connectivity index (χ0) is 7.11. The van der Waals surface area contributed by atoms with E-state index < -0.39 is 0 Å². The molecule has 0 aromatic heterocycles. The number of hydrogen-bond donors (Lipinski definition) is 1. The first-order valence-electron chi connectivity index (χ1n) is 3.65. The second-order valence-electron chi connectivity index (χ2n) is 2.33. The molecule has 0 aliphatic rings. The van der Waals surface area contributed by atoms with Crippen LogP contribution in [0.5, 0.6) is 0 Å². The minimum atomic E-state index is 0.545. The van der Waals surface area contributed by atoms with Crippen LogP contribution in [-0.2, 0) is 0 Å². The summed E-state index contributed by atoms with van der Waals surface area (Å²) in [5.74, 6) is 0. The molecule has 1 nitrogen and oxygen atoms in total. The second kappa shape index (κ2) is 6.56. The second-order valence-corrected chi connectivity index (χ2v) is 3.62. The summed E-state index contributed by atoms with van der Waals surface area (Å²) in [6, 6.07) is 0. The van der Waals surface area contributed by atoms with Crippen LogP contribution in [0.15, 0.2) is 0 Å². The molecule has 1 unspecified atom stereocenters. The van der Waals surface area contributed by atoms with E-state index in [1.807, 2.05) is 0 Å². The number of unbranched alkanes of at least 4 members (excludes halogenated alkanes) is 2. The van der Waals surface area contributed by atoms with Crippen LogP contribution in [0.2, 0.25) is 0 Å². The Morgan fingerprint density at radius 1 is 1.44 bits per heavy atom. The highest BCUT2D eigenvalue weighted by molar-refractivity contribution is 9.09. The van der Waals surface area contributed by atoms with Crippen LogP contribution in [0.3, 0.4) is 0 Å². The minimum Gasteiger partial charge on any atom is -0.329 e. The maximum Gasteiger partial charge on any atom is 0.0268 e. The molecule has 9 heavy (non-hydrogen) atoms. The van der Waals surface area contributed by atoms with Gasteiger partial charge in [0.2, 0.25) is 0 Å². The average molecular weight is 194 g/mol. The summed E-state index contributed by atoms with van der Waals surface area (Å²) in [7, 11) is 0. The fraction of sp³-hybridized carbons (Fsp3) is 1.00. The van der Waals surface area contributed by atoms with Crippen molar-refractivity contribution < 1.29 is 0 Å². The van der Waals surface area contributed by atoms with Gasteiger partial charge in [0.15, 0.2) is 0 Å². The first-order chi connectivity index (χ1) is 4.31. The van der Waals surface area contributed by atoms with Gasteiger partial charge in [-0.25, -0.2) is 0 Å². The fourth-order valence-electron chi connectivity index (χ4n) is 0.734. The monoisotopic (exact) mass is 193 g/mol. The quantitative estimate of drug-likeness (QED) is 0.527. The van der Waals surface area contributed by atoms with Gasteiger partial charge < -0.3 is 5.73 Å². The smallest absolute Gasteiger partial charge is 0.0268 e. The first kappa shape index (κ1) is 9.44. The standard InChI is InChI=1S/C7H16BrN/c1-2-3-4-5-7(8)6-9/h7H,2-6,9H2,1H3. The minimum absolute atomic E-state index is 0.545. The molecular formula is C7H16BrN. The number of rotatable bonds is 5. The van der Waals surface area contributed by atoms with E-state index in [2.05, 4.69) is 22.9 Å². The van der Waals surface area contributed by atoms with Crippen LogP contribution in [0.4, 0.5) is 0 Å². The number of alkyl halides is 1. The molecule has 0 saturated heterocycles. The van der Waals surface area contributed by atoms with Crippen molar-refractivity contribution in [2.24, 2.45) is 5.73 Å². The van der Waals surface area contributed by atoms with Crippen molar-refractivity contribution in [2.75, 3.05) is 6.54 Å². The van der Waals surface area contributed by atoms with Gasteiger partial charge in [-0.1, -0.05) is 42.1 Å². The summed E-state index contributed by atoms with van der Waals surface area (Å²) < 4.78 is 0. The molecule has 0 aliphatic carbocycles. The number of nitrogens with two attached hydrogens (primary N) is 1. The van der Waals surface area contributed by atoms with Crippen LogP contribution >= 0.6 is 15.9 Å². The predicted molar refractivity (Wildman–Crippen MR) is 45.9 cm³/mol. The van der Waals surface area contributed by atoms with Crippen molar-refractivity contribution >= 4 is 15.9 Å². The molecule has 0 aromatic carbocycles. The number of halogens is 1. The maximum atomic E-state index is 5.41. The van der Waals surface area contributed by atoms with Gasteiger partial charge in [0.05, 0.1) is 0 Å². The molecule has 2 N–H and O–H groups in total. The van der Waals surface area contributed by atoms with E-state index in [1.165, 1.54) is 25.7 Å². The van der Waals surface area contributed by atoms with Crippen molar-refractivity contribution in [1.29, 1.82) is 0 Å². The Labute approximate surface area is 66.1 Å². The van der Waals surface area contributed by atoms with E-state index in [4.69, 9.17) is 5.73 Å². The van der Waals surface area contributed by atoms with Gasteiger partial charge in [-0.2, -0.15) is 0 Å². The van der Waals surface area contributed by atoms with E-state index in [9.17, 15) is 0 Å². The van der Waals surface area contributed by atoms with Crippen LogP contribution < -0.4 is 5.73 Å². The van der Waals surface area contributed by atoms with Gasteiger partial charge in [-0.3, -0.25) is 0 Å². The lowest BCUT2D eigenvalue weighted by Gasteiger charge is -2.03. The molecule has 0 radical (unpaired) electrons. The Balaban J connectivity index is 2.88. The lowest BCUT2D eigenvalue weighted by molar-refractivity contribution is 0.653. The molecule has 1 atom stereocenters. The Kier molecular flexibility index (Phi) is 6.88. The Morgan fingerprint density at radius 2 is 2.11 bits per heavy atom. The molecule has 0 aromatic rings. The summed E-state index contributed by atoms with van der Waals surface area (Å²) in [5, 5.41) is 0. The third kappa shape index (κ3) is 6.32. The van der Waals surface area contributed by atoms with E-state index >= 15 is 0 Å². The van der Waals surface area contributed by atoms with Crippen molar-refractivity contribution in [3.63, 3.8) is 0 Å². The van der Waals surface area contributed by atoms with E-state index in [0.717, 1.165) is 6.54 Å². The Hall–Kier alpha value is 0.440. The fourth-order valence-corrected chi connectivity index (χ4v) is 1.06. The van der Waals surface area contributed by atoms with Crippen molar-refractivity contribution in [1.82, 2.24) is 0 Å². The molecule has 0 heterocycles. The van der Waals surface area contributed by atoms with Crippen LogP contribution in [0, 0.1) is 0 Å². The van der Waals surface area contributed by atoms with Gasteiger partial charge in [-0.15, -0.1) is 0 Å². The van der Waals surface area contributed by atoms with E-state index in [0.29, 0.717) is 4.83 Å². The van der Waals surface area contributed by atoms with E-state index in [-0.39, 0.29) is 0 Å². The van der Waals surface area contributed by atoms with Crippen molar-refractivity contribution in [3.8, 4) is 0 Å². The summed E-state index contributed by atoms with van der Waals surface area (Å²) in [6.07, 6.45) is 5.17. The molecule has 0 rings (SSSR count). The zero-order valence-corrected chi connectivity index (χ0v) is 7.65. The average Bonchev–Trinajstić information content (AvgIpc) is 1.89. The molecule has 0 spiro atoms. The lowest BCUT2D eigenvalue weighted by Crippen LogP contribution is -2.12. The molecule has 56 valence electrons. The van der Waals surface area contributed by atoms with Gasteiger partial charge >= 0.3 is 0 Å². The molecule has 0 aliphatic heterocycles. The topological polar surface area (TPSA) is 26.0 Å². The maximum absolute atomic E-state index is 5.41. The van der Waals surface area contributed by atoms with Crippen LogP contribution in [0.25, 0.3) is 0 Å². The first-order valence-corrected chi connectivity index (χ1v) is 4.57. The lowest BCUT2D eigenvalue weighted by atomic mass is 10.2. The van der Waals surface area contributed by atoms with Gasteiger partial charge in [0.1, 0.15) is 0 Å². The zero-order valence-electron chi connectivity index (χ0n) is 6.07. The third-order valence-corrected chi connectivity index (χ3v) is 2.21. The summed E-state index contributed by atoms with van der Waals surface area (Å²) in [5.41, 5.74) is 5.41. The molecular weight excluding hydrogens is 178 g/mol. The van der Waals surface area contributed by atoms with Crippen molar-refractivity contribution in [3.05, 3.63) is 0 Å². The molecule has 0 bridgehead atoms. The highest BCUT2D eigenvalue weighted by Crippen LogP contribution is 2.08. The largest absolute Gasteiger partial charge is 0.329 e. The van der Waals surface area contributed by atoms with Gasteiger partial charge in [0, 0.05) is 11.4 Å². The predicted octanol–water partition coefficient (Wildman–Crippen LogP) is 2.29. The van der Waals surface area contributed by atoms with Crippen molar-refractivity contribution in [2.45, 2.75) is 37.4 Å². The van der Waals surface area contributed by atoms with Crippen LogP contribution in [0.1, 0.15) is 32.6 Å². The summed E-state index contributed by atoms with van der Waals surface area (Å²) >= 11 is 3.48. The molecule has 2 heteroatoms. The van der Waals surface area contributed by atoms with Crippen LogP contribution in [-0.4, -0.2) is 11.4 Å². The highest BCUT2D eigenvalue weighted by Gasteiger charge is 1.98. The molecule has 0 fully saturated rings. The molecule has 0 amide bonds. The van der Waals surface area contributed by atoms with Gasteiger partial charge in [-0.05, 0) is 6.42 Å². The van der Waals surface area contributed by atoms with E-state index in [1.54, 1.807) is 0 Å². The third-order valence-electron chi connectivity index (χ3n) is 1.38. The van der Waals surface area contributed by atoms with Gasteiger partial charge in [0.25, 0.3) is 0 Å². The molecule has 0 saturated carbocycles.